The van der Waals surface area contributed by atoms with E-state index in [0.29, 0.717) is 23.9 Å². The Morgan fingerprint density at radius 2 is 1.76 bits per heavy atom. The van der Waals surface area contributed by atoms with Gasteiger partial charge in [-0.3, -0.25) is 9.35 Å². The molecule has 2 aromatic carbocycles. The van der Waals surface area contributed by atoms with Crippen molar-refractivity contribution in [1.29, 1.82) is 0 Å². The van der Waals surface area contributed by atoms with Crippen LogP contribution in [-0.2, 0) is 10.1 Å². The highest BCUT2D eigenvalue weighted by Crippen LogP contribution is 2.28. The molecule has 21 heavy (non-hydrogen) atoms. The molecule has 6 nitrogen and oxygen atoms in total. The van der Waals surface area contributed by atoms with E-state index >= 15 is 0 Å². The first-order valence-corrected chi connectivity index (χ1v) is 8.58. The number of fused-ring (bicyclic) bond motifs is 1. The van der Waals surface area contributed by atoms with Crippen LogP contribution in [0, 0.1) is 0 Å². The molecular formula is C13H13IN2O4S. The van der Waals surface area contributed by atoms with E-state index in [4.69, 9.17) is 0 Å². The number of halogens is 1. The number of rotatable bonds is 5. The molecule has 0 aliphatic rings. The van der Waals surface area contributed by atoms with Crippen molar-refractivity contribution >= 4 is 53.1 Å². The number of hydrogen-bond acceptors (Lipinski definition) is 4. The summed E-state index contributed by atoms with van der Waals surface area (Å²) in [5, 5.41) is 6.91. The molecule has 3 N–H and O–H groups in total. The third-order valence-corrected chi connectivity index (χ3v) is 4.16. The molecule has 0 atom stereocenters. The van der Waals surface area contributed by atoms with Gasteiger partial charge in [0, 0.05) is 52.1 Å². The maximum absolute atomic E-state index is 11.4. The van der Waals surface area contributed by atoms with E-state index in [1.165, 1.54) is 6.07 Å². The van der Waals surface area contributed by atoms with Crippen LogP contribution in [-0.4, -0.2) is 30.0 Å². The molecule has 0 fully saturated rings. The van der Waals surface area contributed by atoms with Crippen LogP contribution in [0.25, 0.3) is 10.8 Å². The predicted octanol–water partition coefficient (Wildman–Crippen LogP) is 2.64. The number of nitrogens with one attached hydrogen (secondary N) is 2. The molecule has 0 saturated carbocycles. The SMILES string of the molecule is O=C(I)NCCNc1cccc2c(S(=O)(=O)O)cccc12. The molecule has 0 unspecified atom stereocenters. The topological polar surface area (TPSA) is 95.5 Å². The lowest BCUT2D eigenvalue weighted by molar-refractivity contribution is 0.263. The van der Waals surface area contributed by atoms with Crippen molar-refractivity contribution in [1.82, 2.24) is 5.32 Å². The second-order valence-electron chi connectivity index (χ2n) is 4.26. The standard InChI is InChI=1S/C13H13IN2O4S/c14-13(17)16-8-7-15-11-5-1-4-10-9(11)3-2-6-12(10)21(18,19)20/h1-6,15H,7-8H2,(H,16,17)(H,18,19,20). The van der Waals surface area contributed by atoms with E-state index in [9.17, 15) is 17.8 Å². The quantitative estimate of drug-likeness (QED) is 0.227. The third-order valence-electron chi connectivity index (χ3n) is 2.86. The van der Waals surface area contributed by atoms with Crippen LogP contribution in [0.15, 0.2) is 41.3 Å². The highest BCUT2D eigenvalue weighted by Gasteiger charge is 2.14. The van der Waals surface area contributed by atoms with Crippen molar-refractivity contribution in [2.45, 2.75) is 4.90 Å². The predicted molar refractivity (Wildman–Crippen MR) is 89.7 cm³/mol. The van der Waals surface area contributed by atoms with Gasteiger partial charge in [0.25, 0.3) is 14.0 Å². The summed E-state index contributed by atoms with van der Waals surface area (Å²) in [6.45, 7) is 0.958. The molecule has 112 valence electrons. The molecule has 0 spiro atoms. The molecule has 0 bridgehead atoms. The fourth-order valence-corrected chi connectivity index (χ4v) is 2.99. The lowest BCUT2D eigenvalue weighted by Crippen LogP contribution is -2.23. The number of carbonyl (C=O) groups excluding carboxylic acids is 1. The molecule has 0 aliphatic heterocycles. The Hall–Kier alpha value is -1.39. The molecule has 2 aromatic rings. The minimum Gasteiger partial charge on any atom is -0.383 e. The molecule has 0 aliphatic carbocycles. The van der Waals surface area contributed by atoms with E-state index in [1.807, 2.05) is 6.07 Å². The van der Waals surface area contributed by atoms with Gasteiger partial charge in [0.2, 0.25) is 0 Å². The Morgan fingerprint density at radius 1 is 1.10 bits per heavy atom. The monoisotopic (exact) mass is 420 g/mol. The van der Waals surface area contributed by atoms with Gasteiger partial charge >= 0.3 is 0 Å². The van der Waals surface area contributed by atoms with Crippen LogP contribution in [0.4, 0.5) is 10.5 Å². The number of carbonyl (C=O) groups is 1. The summed E-state index contributed by atoms with van der Waals surface area (Å²) >= 11 is 1.65. The lowest BCUT2D eigenvalue weighted by atomic mass is 10.1. The Morgan fingerprint density at radius 3 is 2.43 bits per heavy atom. The molecule has 0 radical (unpaired) electrons. The summed E-state index contributed by atoms with van der Waals surface area (Å²) < 4.78 is 31.9. The van der Waals surface area contributed by atoms with Crippen LogP contribution >= 0.6 is 22.6 Å². The van der Waals surface area contributed by atoms with Gasteiger partial charge in [-0.15, -0.1) is 0 Å². The molecule has 0 aromatic heterocycles. The smallest absolute Gasteiger partial charge is 0.295 e. The molecular weight excluding hydrogens is 407 g/mol. The summed E-state index contributed by atoms with van der Waals surface area (Å²) in [6.07, 6.45) is 0. The molecule has 2 rings (SSSR count). The minimum absolute atomic E-state index is 0.121. The Bertz CT molecular complexity index is 777. The first kappa shape index (κ1) is 16.0. The van der Waals surface area contributed by atoms with Crippen molar-refractivity contribution in [3.05, 3.63) is 36.4 Å². The summed E-state index contributed by atoms with van der Waals surface area (Å²) in [5.74, 6) is 0. The maximum atomic E-state index is 11.4. The molecule has 0 saturated heterocycles. The lowest BCUT2D eigenvalue weighted by Gasteiger charge is -2.11. The van der Waals surface area contributed by atoms with Gasteiger partial charge in [-0.1, -0.05) is 24.3 Å². The average Bonchev–Trinajstić information content (AvgIpc) is 2.41. The van der Waals surface area contributed by atoms with Gasteiger partial charge in [0.15, 0.2) is 0 Å². The molecule has 8 heteroatoms. The first-order valence-electron chi connectivity index (χ1n) is 6.06. The van der Waals surface area contributed by atoms with E-state index < -0.39 is 10.1 Å². The van der Waals surface area contributed by atoms with Crippen molar-refractivity contribution in [2.24, 2.45) is 0 Å². The average molecular weight is 420 g/mol. The normalized spacial score (nSPS) is 11.3. The zero-order valence-corrected chi connectivity index (χ0v) is 13.8. The fourth-order valence-electron chi connectivity index (χ4n) is 2.02. The highest BCUT2D eigenvalue weighted by molar-refractivity contribution is 14.1. The van der Waals surface area contributed by atoms with Crippen LogP contribution in [0.5, 0.6) is 0 Å². The van der Waals surface area contributed by atoms with E-state index in [0.717, 1.165) is 5.69 Å². The van der Waals surface area contributed by atoms with Gasteiger partial charge in [0.05, 0.1) is 0 Å². The van der Waals surface area contributed by atoms with Gasteiger partial charge in [-0.05, 0) is 12.1 Å². The van der Waals surface area contributed by atoms with Gasteiger partial charge in [-0.25, -0.2) is 0 Å². The number of hydrogen-bond donors (Lipinski definition) is 3. The van der Waals surface area contributed by atoms with Crippen molar-refractivity contribution < 1.29 is 17.8 Å². The second-order valence-corrected chi connectivity index (χ2v) is 6.63. The van der Waals surface area contributed by atoms with Crippen LogP contribution in [0.3, 0.4) is 0 Å². The Balaban J connectivity index is 2.32. The zero-order chi connectivity index (χ0) is 15.5. The Labute approximate surface area is 135 Å². The Kier molecular flexibility index (Phi) is 5.01. The number of benzene rings is 2. The first-order chi connectivity index (χ1) is 9.89. The van der Waals surface area contributed by atoms with Gasteiger partial charge in [0.1, 0.15) is 4.90 Å². The fraction of sp³-hybridized carbons (Fsp3) is 0.154. The van der Waals surface area contributed by atoms with E-state index in [-0.39, 0.29) is 8.81 Å². The van der Waals surface area contributed by atoms with Crippen LogP contribution in [0.1, 0.15) is 0 Å². The third kappa shape index (κ3) is 4.05. The zero-order valence-electron chi connectivity index (χ0n) is 10.8. The van der Waals surface area contributed by atoms with Crippen molar-refractivity contribution in [3.63, 3.8) is 0 Å². The minimum atomic E-state index is -4.27. The second kappa shape index (κ2) is 6.58. The summed E-state index contributed by atoms with van der Waals surface area (Å²) in [5.41, 5.74) is 0.737. The van der Waals surface area contributed by atoms with Crippen LogP contribution < -0.4 is 10.6 Å². The summed E-state index contributed by atoms with van der Waals surface area (Å²) in [4.78, 5) is 10.7. The van der Waals surface area contributed by atoms with Crippen LogP contribution in [0.2, 0.25) is 0 Å². The number of amides is 1. The van der Waals surface area contributed by atoms with E-state index in [2.05, 4.69) is 10.6 Å². The number of anilines is 1. The van der Waals surface area contributed by atoms with Crippen molar-refractivity contribution in [2.75, 3.05) is 18.4 Å². The summed E-state index contributed by atoms with van der Waals surface area (Å²) in [7, 11) is -4.27. The summed E-state index contributed by atoms with van der Waals surface area (Å²) in [6, 6.07) is 9.85. The van der Waals surface area contributed by atoms with Gasteiger partial charge in [-0.2, -0.15) is 8.42 Å². The molecule has 0 heterocycles. The van der Waals surface area contributed by atoms with Gasteiger partial charge < -0.3 is 10.6 Å². The van der Waals surface area contributed by atoms with E-state index in [1.54, 1.807) is 46.9 Å². The highest BCUT2D eigenvalue weighted by atomic mass is 127. The van der Waals surface area contributed by atoms with Crippen molar-refractivity contribution in [3.8, 4) is 0 Å². The maximum Gasteiger partial charge on any atom is 0.295 e. The largest absolute Gasteiger partial charge is 0.383 e. The molecule has 1 amide bonds.